The summed E-state index contributed by atoms with van der Waals surface area (Å²) < 4.78 is 13.5. The van der Waals surface area contributed by atoms with E-state index in [9.17, 15) is 14.3 Å². The Kier molecular flexibility index (Phi) is 4.90. The molecule has 19 heavy (non-hydrogen) atoms. The predicted octanol–water partition coefficient (Wildman–Crippen LogP) is 0.970. The van der Waals surface area contributed by atoms with E-state index in [-0.39, 0.29) is 17.8 Å². The van der Waals surface area contributed by atoms with Gasteiger partial charge in [0.2, 0.25) is 5.91 Å². The molecule has 1 amide bonds. The maximum absolute atomic E-state index is 13.0. The zero-order chi connectivity index (χ0) is 13.8. The summed E-state index contributed by atoms with van der Waals surface area (Å²) in [6.07, 6.45) is 0.650. The van der Waals surface area contributed by atoms with Crippen LogP contribution < -0.4 is 10.6 Å². The number of nitrogens with one attached hydrogen (secondary N) is 2. The first-order valence-electron chi connectivity index (χ1n) is 6.19. The van der Waals surface area contributed by atoms with Crippen LogP contribution in [0.15, 0.2) is 22.7 Å². The lowest BCUT2D eigenvalue weighted by Crippen LogP contribution is -2.41. The number of hydrogen-bond donors (Lipinski definition) is 3. The summed E-state index contributed by atoms with van der Waals surface area (Å²) in [6.45, 7) is 0.953. The third-order valence-electron chi connectivity index (χ3n) is 3.12. The van der Waals surface area contributed by atoms with Crippen LogP contribution in [0.1, 0.15) is 12.0 Å². The van der Waals surface area contributed by atoms with Crippen LogP contribution >= 0.6 is 15.9 Å². The van der Waals surface area contributed by atoms with Crippen molar-refractivity contribution in [3.8, 4) is 0 Å². The summed E-state index contributed by atoms with van der Waals surface area (Å²) in [5.41, 5.74) is 0.952. The number of carbonyl (C=O) groups excluding carboxylic acids is 1. The van der Waals surface area contributed by atoms with Gasteiger partial charge in [0.15, 0.2) is 0 Å². The van der Waals surface area contributed by atoms with Gasteiger partial charge in [-0.1, -0.05) is 6.07 Å². The van der Waals surface area contributed by atoms with Gasteiger partial charge in [0.05, 0.1) is 16.6 Å². The van der Waals surface area contributed by atoms with E-state index in [2.05, 4.69) is 26.6 Å². The topological polar surface area (TPSA) is 61.4 Å². The maximum atomic E-state index is 13.0. The lowest BCUT2D eigenvalue weighted by atomic mass is 10.1. The van der Waals surface area contributed by atoms with E-state index in [0.717, 1.165) is 5.56 Å². The standard InChI is InChI=1S/C13H16BrFN2O2/c14-10-5-8(1-2-11(10)15)3-4-16-13(19)12-6-9(18)7-17-12/h1-2,5,9,12,17-18H,3-4,6-7H2,(H,16,19). The van der Waals surface area contributed by atoms with Gasteiger partial charge in [-0.2, -0.15) is 0 Å². The molecule has 0 saturated carbocycles. The first-order chi connectivity index (χ1) is 9.06. The molecule has 1 saturated heterocycles. The van der Waals surface area contributed by atoms with E-state index >= 15 is 0 Å². The van der Waals surface area contributed by atoms with Crippen LogP contribution in [0, 0.1) is 5.82 Å². The van der Waals surface area contributed by atoms with Gasteiger partial charge in [-0.15, -0.1) is 0 Å². The van der Waals surface area contributed by atoms with Crippen molar-refractivity contribution in [2.24, 2.45) is 0 Å². The van der Waals surface area contributed by atoms with Crippen LogP contribution in [-0.2, 0) is 11.2 Å². The van der Waals surface area contributed by atoms with Crippen LogP contribution in [0.2, 0.25) is 0 Å². The van der Waals surface area contributed by atoms with Gasteiger partial charge in [0, 0.05) is 13.1 Å². The van der Waals surface area contributed by atoms with Gasteiger partial charge >= 0.3 is 0 Å². The maximum Gasteiger partial charge on any atom is 0.237 e. The Labute approximate surface area is 119 Å². The summed E-state index contributed by atoms with van der Waals surface area (Å²) in [7, 11) is 0. The summed E-state index contributed by atoms with van der Waals surface area (Å²) in [6, 6.07) is 4.49. The molecule has 1 aromatic rings. The van der Waals surface area contributed by atoms with Crippen molar-refractivity contribution >= 4 is 21.8 Å². The number of β-amino-alcohol motifs (C(OH)–C–C–N with tert-alkyl or cyclic N) is 1. The molecule has 104 valence electrons. The molecule has 1 aromatic carbocycles. The largest absolute Gasteiger partial charge is 0.392 e. The van der Waals surface area contributed by atoms with E-state index < -0.39 is 6.10 Å². The molecule has 0 radical (unpaired) electrons. The molecule has 2 atom stereocenters. The average molecular weight is 331 g/mol. The zero-order valence-corrected chi connectivity index (χ0v) is 11.9. The second kappa shape index (κ2) is 6.45. The fourth-order valence-corrected chi connectivity index (χ4v) is 2.49. The third-order valence-corrected chi connectivity index (χ3v) is 3.73. The highest BCUT2D eigenvalue weighted by Gasteiger charge is 2.27. The van der Waals surface area contributed by atoms with Gasteiger partial charge in [-0.05, 0) is 46.5 Å². The van der Waals surface area contributed by atoms with Gasteiger partial charge < -0.3 is 15.7 Å². The van der Waals surface area contributed by atoms with Crippen molar-refractivity contribution in [1.29, 1.82) is 0 Å². The molecular formula is C13H16BrFN2O2. The molecule has 1 aliphatic rings. The number of aliphatic hydroxyl groups excluding tert-OH is 1. The average Bonchev–Trinajstić information content (AvgIpc) is 2.80. The minimum Gasteiger partial charge on any atom is -0.392 e. The van der Waals surface area contributed by atoms with Gasteiger partial charge in [0.1, 0.15) is 5.82 Å². The Morgan fingerprint density at radius 2 is 2.37 bits per heavy atom. The monoisotopic (exact) mass is 330 g/mol. The van der Waals surface area contributed by atoms with Crippen LogP contribution in [0.5, 0.6) is 0 Å². The summed E-state index contributed by atoms with van der Waals surface area (Å²) in [4.78, 5) is 11.7. The molecule has 2 rings (SSSR count). The lowest BCUT2D eigenvalue weighted by molar-refractivity contribution is -0.122. The molecule has 1 fully saturated rings. The number of amides is 1. The van der Waals surface area contributed by atoms with E-state index in [4.69, 9.17) is 0 Å². The summed E-state index contributed by atoms with van der Waals surface area (Å²) in [5.74, 6) is -0.394. The number of carbonyl (C=O) groups is 1. The van der Waals surface area contributed by atoms with E-state index in [0.29, 0.717) is 30.4 Å². The van der Waals surface area contributed by atoms with Gasteiger partial charge in [-0.25, -0.2) is 4.39 Å². The second-order valence-corrected chi connectivity index (χ2v) is 5.49. The first kappa shape index (κ1) is 14.4. The Hall–Kier alpha value is -0.980. The van der Waals surface area contributed by atoms with Gasteiger partial charge in [0.25, 0.3) is 0 Å². The van der Waals surface area contributed by atoms with Crippen molar-refractivity contribution in [2.45, 2.75) is 25.0 Å². The van der Waals surface area contributed by atoms with Crippen LogP contribution in [-0.4, -0.2) is 36.2 Å². The van der Waals surface area contributed by atoms with Crippen molar-refractivity contribution in [3.05, 3.63) is 34.1 Å². The minimum absolute atomic E-state index is 0.0993. The fourth-order valence-electron chi connectivity index (χ4n) is 2.07. The Morgan fingerprint density at radius 3 is 3.00 bits per heavy atom. The molecule has 0 aliphatic carbocycles. The number of rotatable bonds is 4. The molecule has 6 heteroatoms. The number of hydrogen-bond acceptors (Lipinski definition) is 3. The molecule has 1 aliphatic heterocycles. The van der Waals surface area contributed by atoms with Gasteiger partial charge in [-0.3, -0.25) is 4.79 Å². The summed E-state index contributed by atoms with van der Waals surface area (Å²) >= 11 is 3.13. The molecular weight excluding hydrogens is 315 g/mol. The molecule has 0 bridgehead atoms. The highest BCUT2D eigenvalue weighted by molar-refractivity contribution is 9.10. The van der Waals surface area contributed by atoms with Crippen molar-refractivity contribution < 1.29 is 14.3 Å². The molecule has 2 unspecified atom stereocenters. The normalized spacial score (nSPS) is 22.5. The van der Waals surface area contributed by atoms with E-state index in [1.54, 1.807) is 12.1 Å². The first-order valence-corrected chi connectivity index (χ1v) is 6.98. The summed E-state index contributed by atoms with van der Waals surface area (Å²) in [5, 5.41) is 15.1. The second-order valence-electron chi connectivity index (χ2n) is 4.64. The molecule has 3 N–H and O–H groups in total. The molecule has 0 aromatic heterocycles. The van der Waals surface area contributed by atoms with Crippen molar-refractivity contribution in [1.82, 2.24) is 10.6 Å². The number of halogens is 2. The van der Waals surface area contributed by atoms with E-state index in [1.807, 2.05) is 0 Å². The smallest absolute Gasteiger partial charge is 0.237 e. The van der Waals surface area contributed by atoms with Crippen molar-refractivity contribution in [3.63, 3.8) is 0 Å². The predicted molar refractivity (Wildman–Crippen MR) is 73.2 cm³/mol. The fraction of sp³-hybridized carbons (Fsp3) is 0.462. The minimum atomic E-state index is -0.441. The van der Waals surface area contributed by atoms with Crippen LogP contribution in [0.4, 0.5) is 4.39 Å². The van der Waals surface area contributed by atoms with E-state index in [1.165, 1.54) is 6.07 Å². The lowest BCUT2D eigenvalue weighted by Gasteiger charge is -2.11. The molecule has 1 heterocycles. The number of aliphatic hydroxyl groups is 1. The quantitative estimate of drug-likeness (QED) is 0.771. The zero-order valence-electron chi connectivity index (χ0n) is 10.3. The highest BCUT2D eigenvalue weighted by Crippen LogP contribution is 2.17. The SMILES string of the molecule is O=C(NCCc1ccc(F)c(Br)c1)C1CC(O)CN1. The third kappa shape index (κ3) is 3.99. The molecule has 0 spiro atoms. The Balaban J connectivity index is 1.77. The Bertz CT molecular complexity index is 470. The molecule has 4 nitrogen and oxygen atoms in total. The Morgan fingerprint density at radius 1 is 1.58 bits per heavy atom. The van der Waals surface area contributed by atoms with Crippen molar-refractivity contribution in [2.75, 3.05) is 13.1 Å². The highest BCUT2D eigenvalue weighted by atomic mass is 79.9. The van der Waals surface area contributed by atoms with Crippen LogP contribution in [0.25, 0.3) is 0 Å². The van der Waals surface area contributed by atoms with Crippen LogP contribution in [0.3, 0.4) is 0 Å². The number of benzene rings is 1.